The molecule has 2 aromatic carbocycles. The third-order valence-electron chi connectivity index (χ3n) is 3.54. The summed E-state index contributed by atoms with van der Waals surface area (Å²) >= 11 is 0. The van der Waals surface area contributed by atoms with E-state index >= 15 is 0 Å². The van der Waals surface area contributed by atoms with Gasteiger partial charge in [0, 0.05) is 24.4 Å². The van der Waals surface area contributed by atoms with Crippen LogP contribution in [0.2, 0.25) is 0 Å². The van der Waals surface area contributed by atoms with E-state index in [1.807, 2.05) is 24.3 Å². The summed E-state index contributed by atoms with van der Waals surface area (Å²) in [7, 11) is 6.08. The fourth-order valence-corrected chi connectivity index (χ4v) is 2.26. The summed E-state index contributed by atoms with van der Waals surface area (Å²) in [5, 5.41) is 3.29. The zero-order valence-corrected chi connectivity index (χ0v) is 14.2. The molecule has 6 heteroatoms. The van der Waals surface area contributed by atoms with Gasteiger partial charge in [-0.15, -0.1) is 0 Å². The van der Waals surface area contributed by atoms with Crippen molar-refractivity contribution in [1.29, 1.82) is 0 Å². The van der Waals surface area contributed by atoms with Crippen LogP contribution in [-0.4, -0.2) is 34.4 Å². The molecule has 0 aliphatic carbocycles. The van der Waals surface area contributed by atoms with Gasteiger partial charge >= 0.3 is 5.97 Å². The second kappa shape index (κ2) is 8.10. The number of carbonyl (C=O) groups excluding carboxylic acids is 1. The number of esters is 1. The van der Waals surface area contributed by atoms with Gasteiger partial charge in [0.15, 0.2) is 11.5 Å². The van der Waals surface area contributed by atoms with Crippen molar-refractivity contribution in [2.24, 2.45) is 0 Å². The Morgan fingerprint density at radius 1 is 0.917 bits per heavy atom. The Bertz CT molecular complexity index is 672. The molecular formula is C18H21NO5. The van der Waals surface area contributed by atoms with Crippen LogP contribution in [0.1, 0.15) is 15.9 Å². The lowest BCUT2D eigenvalue weighted by Crippen LogP contribution is -2.04. The molecule has 0 bridgehead atoms. The molecule has 24 heavy (non-hydrogen) atoms. The van der Waals surface area contributed by atoms with Crippen molar-refractivity contribution in [3.05, 3.63) is 47.5 Å². The minimum absolute atomic E-state index is 0.348. The first-order valence-corrected chi connectivity index (χ1v) is 7.34. The zero-order valence-electron chi connectivity index (χ0n) is 14.2. The molecule has 0 saturated heterocycles. The van der Waals surface area contributed by atoms with Gasteiger partial charge in [0.05, 0.1) is 34.0 Å². The van der Waals surface area contributed by atoms with E-state index in [1.165, 1.54) is 7.11 Å². The van der Waals surface area contributed by atoms with Crippen molar-refractivity contribution >= 4 is 11.7 Å². The van der Waals surface area contributed by atoms with E-state index in [0.717, 1.165) is 11.3 Å². The summed E-state index contributed by atoms with van der Waals surface area (Å²) in [4.78, 5) is 11.4. The fourth-order valence-electron chi connectivity index (χ4n) is 2.26. The van der Waals surface area contributed by atoms with Crippen LogP contribution in [0.25, 0.3) is 0 Å². The van der Waals surface area contributed by atoms with E-state index in [4.69, 9.17) is 14.2 Å². The fraction of sp³-hybridized carbons (Fsp3) is 0.278. The van der Waals surface area contributed by atoms with Crippen LogP contribution in [0.4, 0.5) is 5.69 Å². The lowest BCUT2D eigenvalue weighted by atomic mass is 10.1. The maximum atomic E-state index is 11.4. The minimum atomic E-state index is -0.348. The number of hydrogen-bond acceptors (Lipinski definition) is 6. The van der Waals surface area contributed by atoms with Crippen LogP contribution in [0.3, 0.4) is 0 Å². The Balaban J connectivity index is 2.12. The molecular weight excluding hydrogens is 310 g/mol. The average Bonchev–Trinajstić information content (AvgIpc) is 2.65. The Labute approximate surface area is 141 Å². The summed E-state index contributed by atoms with van der Waals surface area (Å²) in [5.41, 5.74) is 2.38. The molecule has 0 heterocycles. The predicted octanol–water partition coefficient (Wildman–Crippen LogP) is 3.11. The van der Waals surface area contributed by atoms with Gasteiger partial charge < -0.3 is 24.3 Å². The average molecular weight is 331 g/mol. The van der Waals surface area contributed by atoms with Crippen LogP contribution in [0, 0.1) is 0 Å². The molecule has 1 N–H and O–H groups in total. The molecule has 2 rings (SSSR count). The Morgan fingerprint density at radius 3 is 1.96 bits per heavy atom. The largest absolute Gasteiger partial charge is 0.493 e. The summed E-state index contributed by atoms with van der Waals surface area (Å²) < 4.78 is 20.6. The van der Waals surface area contributed by atoms with Crippen LogP contribution >= 0.6 is 0 Å². The van der Waals surface area contributed by atoms with Gasteiger partial charge in [-0.2, -0.15) is 0 Å². The molecule has 0 aliphatic heterocycles. The van der Waals surface area contributed by atoms with Crippen LogP contribution in [-0.2, 0) is 11.3 Å². The summed E-state index contributed by atoms with van der Waals surface area (Å²) in [5.74, 6) is 1.37. The van der Waals surface area contributed by atoms with Crippen molar-refractivity contribution in [2.75, 3.05) is 33.8 Å². The summed E-state index contributed by atoms with van der Waals surface area (Å²) in [6, 6.07) is 10.9. The highest BCUT2D eigenvalue weighted by molar-refractivity contribution is 5.89. The molecule has 0 fully saturated rings. The molecule has 0 saturated carbocycles. The first-order valence-electron chi connectivity index (χ1n) is 7.34. The number of methoxy groups -OCH3 is 4. The Hall–Kier alpha value is -2.89. The first kappa shape index (κ1) is 17.5. The van der Waals surface area contributed by atoms with Gasteiger partial charge in [0.25, 0.3) is 0 Å². The third kappa shape index (κ3) is 3.90. The zero-order chi connectivity index (χ0) is 17.5. The number of rotatable bonds is 7. The first-order chi connectivity index (χ1) is 11.6. The molecule has 0 amide bonds. The van der Waals surface area contributed by atoms with Crippen LogP contribution in [0.5, 0.6) is 17.2 Å². The molecule has 0 aromatic heterocycles. The Kier molecular flexibility index (Phi) is 5.89. The molecule has 6 nitrogen and oxygen atoms in total. The SMILES string of the molecule is COC(=O)c1ccc(CNc2cc(OC)c(OC)c(OC)c2)cc1. The van der Waals surface area contributed by atoms with Gasteiger partial charge in [-0.1, -0.05) is 12.1 Å². The van der Waals surface area contributed by atoms with Gasteiger partial charge in [0.1, 0.15) is 0 Å². The van der Waals surface area contributed by atoms with Gasteiger partial charge in [0.2, 0.25) is 5.75 Å². The predicted molar refractivity (Wildman–Crippen MR) is 91.2 cm³/mol. The van der Waals surface area contributed by atoms with Crippen molar-refractivity contribution in [2.45, 2.75) is 6.54 Å². The number of nitrogens with one attached hydrogen (secondary N) is 1. The summed E-state index contributed by atoms with van der Waals surface area (Å²) in [6.45, 7) is 0.583. The smallest absolute Gasteiger partial charge is 0.337 e. The highest BCUT2D eigenvalue weighted by Crippen LogP contribution is 2.39. The van der Waals surface area contributed by atoms with Crippen LogP contribution < -0.4 is 19.5 Å². The summed E-state index contributed by atoms with van der Waals surface area (Å²) in [6.07, 6.45) is 0. The molecule has 0 atom stereocenters. The maximum Gasteiger partial charge on any atom is 0.337 e. The van der Waals surface area contributed by atoms with E-state index in [2.05, 4.69) is 10.1 Å². The number of ether oxygens (including phenoxy) is 4. The standard InChI is InChI=1S/C18H21NO5/c1-21-15-9-14(10-16(22-2)17(15)23-3)19-11-12-5-7-13(8-6-12)18(20)24-4/h5-10,19H,11H2,1-4H3. The maximum absolute atomic E-state index is 11.4. The molecule has 128 valence electrons. The van der Waals surface area contributed by atoms with E-state index in [9.17, 15) is 4.79 Å². The number of anilines is 1. The van der Waals surface area contributed by atoms with Gasteiger partial charge in [-0.3, -0.25) is 0 Å². The number of carbonyl (C=O) groups is 1. The lowest BCUT2D eigenvalue weighted by molar-refractivity contribution is 0.0600. The van der Waals surface area contributed by atoms with E-state index in [1.54, 1.807) is 33.5 Å². The third-order valence-corrected chi connectivity index (χ3v) is 3.54. The molecule has 0 radical (unpaired) electrons. The van der Waals surface area contributed by atoms with E-state index in [-0.39, 0.29) is 5.97 Å². The molecule has 0 aliphatic rings. The molecule has 0 unspecified atom stereocenters. The second-order valence-corrected chi connectivity index (χ2v) is 4.96. The van der Waals surface area contributed by atoms with Crippen molar-refractivity contribution < 1.29 is 23.7 Å². The van der Waals surface area contributed by atoms with Crippen molar-refractivity contribution in [3.63, 3.8) is 0 Å². The quantitative estimate of drug-likeness (QED) is 0.787. The molecule has 2 aromatic rings. The minimum Gasteiger partial charge on any atom is -0.493 e. The van der Waals surface area contributed by atoms with Crippen molar-refractivity contribution in [3.8, 4) is 17.2 Å². The van der Waals surface area contributed by atoms with Gasteiger partial charge in [-0.25, -0.2) is 4.79 Å². The Morgan fingerprint density at radius 2 is 1.50 bits per heavy atom. The lowest BCUT2D eigenvalue weighted by Gasteiger charge is -2.15. The number of hydrogen-bond donors (Lipinski definition) is 1. The normalized spacial score (nSPS) is 10.0. The molecule has 0 spiro atoms. The highest BCUT2D eigenvalue weighted by Gasteiger charge is 2.13. The second-order valence-electron chi connectivity index (χ2n) is 4.96. The van der Waals surface area contributed by atoms with Gasteiger partial charge in [-0.05, 0) is 17.7 Å². The topological polar surface area (TPSA) is 66.0 Å². The van der Waals surface area contributed by atoms with Crippen LogP contribution in [0.15, 0.2) is 36.4 Å². The van der Waals surface area contributed by atoms with E-state index in [0.29, 0.717) is 29.4 Å². The highest BCUT2D eigenvalue weighted by atomic mass is 16.5. The van der Waals surface area contributed by atoms with Crippen molar-refractivity contribution in [1.82, 2.24) is 0 Å². The number of benzene rings is 2. The van der Waals surface area contributed by atoms with E-state index < -0.39 is 0 Å². The monoisotopic (exact) mass is 331 g/mol.